The predicted octanol–water partition coefficient (Wildman–Crippen LogP) is 3.45. The normalized spacial score (nSPS) is 23.6. The Morgan fingerprint density at radius 2 is 1.80 bits per heavy atom. The largest absolute Gasteiger partial charge is 0.358 e. The second-order valence-electron chi connectivity index (χ2n) is 6.33. The Morgan fingerprint density at radius 1 is 1.10 bits per heavy atom. The molecule has 2 fully saturated rings. The van der Waals surface area contributed by atoms with E-state index in [9.17, 15) is 0 Å². The minimum absolute atomic E-state index is 0.373. The van der Waals surface area contributed by atoms with E-state index in [4.69, 9.17) is 0 Å². The van der Waals surface area contributed by atoms with Gasteiger partial charge in [-0.2, -0.15) is 4.37 Å². The molecule has 1 aromatic heterocycles. The van der Waals surface area contributed by atoms with Gasteiger partial charge in [0.1, 0.15) is 5.82 Å². The number of hydrogen-bond acceptors (Lipinski definition) is 5. The number of aromatic nitrogens is 2. The van der Waals surface area contributed by atoms with E-state index in [1.54, 1.807) is 0 Å². The summed E-state index contributed by atoms with van der Waals surface area (Å²) in [6.45, 7) is 5.58. The summed E-state index contributed by atoms with van der Waals surface area (Å²) < 4.78 is 4.27. The first-order valence-electron chi connectivity index (χ1n) is 8.08. The van der Waals surface area contributed by atoms with Crippen molar-refractivity contribution in [1.82, 2.24) is 14.3 Å². The van der Waals surface area contributed by atoms with Gasteiger partial charge >= 0.3 is 0 Å². The van der Waals surface area contributed by atoms with E-state index in [-0.39, 0.29) is 0 Å². The number of anilines is 1. The van der Waals surface area contributed by atoms with E-state index < -0.39 is 0 Å². The lowest BCUT2D eigenvalue weighted by molar-refractivity contribution is 0.0437. The van der Waals surface area contributed by atoms with Crippen molar-refractivity contribution in [3.05, 3.63) is 5.82 Å². The zero-order valence-corrected chi connectivity index (χ0v) is 13.3. The quantitative estimate of drug-likeness (QED) is 0.923. The van der Waals surface area contributed by atoms with Crippen LogP contribution in [0.25, 0.3) is 0 Å². The molecular formula is C15H26N4S. The third kappa shape index (κ3) is 3.14. The standard InChI is InChI=1S/C15H26N4S/c1-13-17-14(20-18-13)16-12-15(8-4-2-5-9-15)19-10-6-3-7-11-19/h2-12H2,1H3,(H,16,17,18). The SMILES string of the molecule is Cc1nsc(NCC2(N3CCCCC3)CCCCC2)n1. The summed E-state index contributed by atoms with van der Waals surface area (Å²) >= 11 is 1.49. The van der Waals surface area contributed by atoms with E-state index in [1.807, 2.05) is 6.92 Å². The van der Waals surface area contributed by atoms with Gasteiger partial charge in [-0.25, -0.2) is 4.98 Å². The maximum absolute atomic E-state index is 4.45. The number of aryl methyl sites for hydroxylation is 1. The first-order chi connectivity index (χ1) is 9.78. The summed E-state index contributed by atoms with van der Waals surface area (Å²) in [7, 11) is 0. The van der Waals surface area contributed by atoms with Crippen LogP contribution in [-0.4, -0.2) is 39.4 Å². The van der Waals surface area contributed by atoms with Crippen molar-refractivity contribution in [3.8, 4) is 0 Å². The minimum atomic E-state index is 0.373. The molecule has 0 spiro atoms. The smallest absolute Gasteiger partial charge is 0.202 e. The Hall–Kier alpha value is -0.680. The average Bonchev–Trinajstić information content (AvgIpc) is 2.93. The molecule has 0 unspecified atom stereocenters. The second-order valence-corrected chi connectivity index (χ2v) is 7.08. The van der Waals surface area contributed by atoms with E-state index in [1.165, 1.54) is 76.0 Å². The van der Waals surface area contributed by atoms with Crippen LogP contribution < -0.4 is 5.32 Å². The van der Waals surface area contributed by atoms with Crippen LogP contribution in [0.2, 0.25) is 0 Å². The molecule has 112 valence electrons. The number of nitrogens with zero attached hydrogens (tertiary/aromatic N) is 3. The molecule has 4 nitrogen and oxygen atoms in total. The van der Waals surface area contributed by atoms with E-state index in [0.29, 0.717) is 5.54 Å². The van der Waals surface area contributed by atoms with Gasteiger partial charge in [0.25, 0.3) is 0 Å². The lowest BCUT2D eigenvalue weighted by atomic mass is 9.79. The van der Waals surface area contributed by atoms with Crippen molar-refractivity contribution in [2.45, 2.75) is 63.8 Å². The summed E-state index contributed by atoms with van der Waals surface area (Å²) in [5, 5.41) is 4.57. The number of hydrogen-bond donors (Lipinski definition) is 1. The molecule has 1 aliphatic carbocycles. The first-order valence-corrected chi connectivity index (χ1v) is 8.85. The molecular weight excluding hydrogens is 268 g/mol. The third-order valence-electron chi connectivity index (χ3n) is 4.91. The lowest BCUT2D eigenvalue weighted by Crippen LogP contribution is -2.56. The highest BCUT2D eigenvalue weighted by molar-refractivity contribution is 7.09. The molecule has 1 N–H and O–H groups in total. The molecule has 0 bridgehead atoms. The highest BCUT2D eigenvalue weighted by Gasteiger charge is 2.38. The second kappa shape index (κ2) is 6.39. The van der Waals surface area contributed by atoms with Gasteiger partial charge in [0.15, 0.2) is 0 Å². The zero-order valence-electron chi connectivity index (χ0n) is 12.5. The molecule has 2 heterocycles. The fourth-order valence-electron chi connectivity index (χ4n) is 3.79. The Kier molecular flexibility index (Phi) is 4.56. The van der Waals surface area contributed by atoms with Crippen LogP contribution in [0.15, 0.2) is 0 Å². The number of rotatable bonds is 4. The Morgan fingerprint density at radius 3 is 2.45 bits per heavy atom. The lowest BCUT2D eigenvalue weighted by Gasteiger charge is -2.48. The molecule has 3 rings (SSSR count). The molecule has 0 radical (unpaired) electrons. The van der Waals surface area contributed by atoms with Crippen molar-refractivity contribution < 1.29 is 0 Å². The van der Waals surface area contributed by atoms with Gasteiger partial charge in [0.2, 0.25) is 5.13 Å². The molecule has 1 saturated heterocycles. The number of nitrogens with one attached hydrogen (secondary N) is 1. The molecule has 0 amide bonds. The van der Waals surface area contributed by atoms with Crippen LogP contribution in [0.4, 0.5) is 5.13 Å². The van der Waals surface area contributed by atoms with Gasteiger partial charge in [0, 0.05) is 23.6 Å². The van der Waals surface area contributed by atoms with Gasteiger partial charge in [-0.3, -0.25) is 4.90 Å². The highest BCUT2D eigenvalue weighted by Crippen LogP contribution is 2.35. The third-order valence-corrected chi connectivity index (χ3v) is 5.67. The van der Waals surface area contributed by atoms with Gasteiger partial charge in [-0.05, 0) is 45.7 Å². The molecule has 1 aromatic rings. The predicted molar refractivity (Wildman–Crippen MR) is 84.4 cm³/mol. The molecule has 0 aromatic carbocycles. The maximum atomic E-state index is 4.45. The monoisotopic (exact) mass is 294 g/mol. The van der Waals surface area contributed by atoms with Gasteiger partial charge < -0.3 is 5.32 Å². The average molecular weight is 294 g/mol. The summed E-state index contributed by atoms with van der Waals surface area (Å²) in [6.07, 6.45) is 11.0. The van der Waals surface area contributed by atoms with E-state index in [0.717, 1.165) is 17.5 Å². The minimum Gasteiger partial charge on any atom is -0.358 e. The molecule has 1 aliphatic heterocycles. The van der Waals surface area contributed by atoms with Crippen molar-refractivity contribution in [3.63, 3.8) is 0 Å². The van der Waals surface area contributed by atoms with Crippen molar-refractivity contribution in [2.24, 2.45) is 0 Å². The van der Waals surface area contributed by atoms with Gasteiger partial charge in [0.05, 0.1) is 0 Å². The summed E-state index contributed by atoms with van der Waals surface area (Å²) in [4.78, 5) is 7.22. The van der Waals surface area contributed by atoms with Crippen LogP contribution in [-0.2, 0) is 0 Å². The van der Waals surface area contributed by atoms with Crippen LogP contribution in [0.1, 0.15) is 57.2 Å². The van der Waals surface area contributed by atoms with E-state index >= 15 is 0 Å². The van der Waals surface area contributed by atoms with Gasteiger partial charge in [-0.15, -0.1) is 0 Å². The molecule has 20 heavy (non-hydrogen) atoms. The fourth-order valence-corrected chi connectivity index (χ4v) is 4.36. The summed E-state index contributed by atoms with van der Waals surface area (Å²) in [6, 6.07) is 0. The van der Waals surface area contributed by atoms with Crippen molar-refractivity contribution in [2.75, 3.05) is 25.0 Å². The maximum Gasteiger partial charge on any atom is 0.202 e. The number of likely N-dealkylation sites (tertiary alicyclic amines) is 1. The van der Waals surface area contributed by atoms with Crippen LogP contribution >= 0.6 is 11.5 Å². The van der Waals surface area contributed by atoms with Crippen LogP contribution in [0.5, 0.6) is 0 Å². The summed E-state index contributed by atoms with van der Waals surface area (Å²) in [5.41, 5.74) is 0.373. The topological polar surface area (TPSA) is 41.1 Å². The number of piperidine rings is 1. The van der Waals surface area contributed by atoms with Gasteiger partial charge in [-0.1, -0.05) is 25.7 Å². The molecule has 0 atom stereocenters. The molecule has 5 heteroatoms. The highest BCUT2D eigenvalue weighted by atomic mass is 32.1. The van der Waals surface area contributed by atoms with Crippen LogP contribution in [0, 0.1) is 6.92 Å². The Labute approximate surface area is 126 Å². The zero-order chi connectivity index (χ0) is 13.8. The van der Waals surface area contributed by atoms with Crippen molar-refractivity contribution >= 4 is 16.7 Å². The Bertz CT molecular complexity index is 419. The summed E-state index contributed by atoms with van der Waals surface area (Å²) in [5.74, 6) is 0.883. The van der Waals surface area contributed by atoms with Crippen LogP contribution in [0.3, 0.4) is 0 Å². The van der Waals surface area contributed by atoms with E-state index in [2.05, 4.69) is 19.6 Å². The van der Waals surface area contributed by atoms with Crippen molar-refractivity contribution in [1.29, 1.82) is 0 Å². The molecule has 1 saturated carbocycles. The Balaban J connectivity index is 1.68. The first kappa shape index (κ1) is 14.3. The molecule has 2 aliphatic rings. The fraction of sp³-hybridized carbons (Fsp3) is 0.867.